The van der Waals surface area contributed by atoms with E-state index in [4.69, 9.17) is 30.5 Å². The first-order valence-corrected chi connectivity index (χ1v) is 7.43. The second kappa shape index (κ2) is 8.31. The van der Waals surface area contributed by atoms with Crippen molar-refractivity contribution in [3.8, 4) is 23.0 Å². The Balaban J connectivity index is 2.20. The van der Waals surface area contributed by atoms with Crippen LogP contribution < -0.4 is 24.4 Å². The molecule has 0 saturated heterocycles. The van der Waals surface area contributed by atoms with Crippen molar-refractivity contribution in [2.24, 2.45) is 5.10 Å². The Morgan fingerprint density at radius 3 is 2.04 bits per heavy atom. The molecule has 0 aromatic heterocycles. The molecule has 0 spiro atoms. The lowest BCUT2D eigenvalue weighted by molar-refractivity contribution is 0.349. The molecule has 0 aliphatic heterocycles. The van der Waals surface area contributed by atoms with E-state index in [1.807, 2.05) is 6.07 Å². The van der Waals surface area contributed by atoms with Crippen molar-refractivity contribution in [1.82, 2.24) is 0 Å². The summed E-state index contributed by atoms with van der Waals surface area (Å²) in [7, 11) is 6.29. The molecule has 0 heterocycles. The van der Waals surface area contributed by atoms with Crippen molar-refractivity contribution in [2.45, 2.75) is 0 Å². The van der Waals surface area contributed by atoms with Crippen molar-refractivity contribution in [3.05, 3.63) is 40.9 Å². The number of halogens is 1. The van der Waals surface area contributed by atoms with Crippen LogP contribution in [-0.4, -0.2) is 34.7 Å². The molecule has 0 bridgehead atoms. The van der Waals surface area contributed by atoms with Crippen LogP contribution in [0.1, 0.15) is 5.56 Å². The summed E-state index contributed by atoms with van der Waals surface area (Å²) < 4.78 is 21.0. The van der Waals surface area contributed by atoms with E-state index in [1.165, 1.54) is 0 Å². The number of anilines is 1. The standard InChI is InChI=1S/C17H19ClN2O4/c1-21-14-6-5-12(8-13(14)18)20-19-10-11-7-16(23-3)17(24-4)9-15(11)22-2/h5-10,20H,1-4H3/b19-10+. The SMILES string of the molecule is COc1ccc(N/N=C/c2cc(OC)c(OC)cc2OC)cc1Cl. The van der Waals surface area contributed by atoms with Gasteiger partial charge in [-0.05, 0) is 24.3 Å². The third-order valence-corrected chi connectivity index (χ3v) is 3.58. The third-order valence-electron chi connectivity index (χ3n) is 3.28. The zero-order valence-electron chi connectivity index (χ0n) is 13.9. The highest BCUT2D eigenvalue weighted by molar-refractivity contribution is 6.32. The summed E-state index contributed by atoms with van der Waals surface area (Å²) in [6, 6.07) is 8.82. The Kier molecular flexibility index (Phi) is 6.14. The Hall–Kier alpha value is -2.60. The zero-order valence-corrected chi connectivity index (χ0v) is 14.7. The van der Waals surface area contributed by atoms with Gasteiger partial charge in [-0.3, -0.25) is 5.43 Å². The molecule has 0 amide bonds. The van der Waals surface area contributed by atoms with Crippen LogP contribution >= 0.6 is 11.6 Å². The summed E-state index contributed by atoms with van der Waals surface area (Å²) in [5.41, 5.74) is 4.38. The maximum atomic E-state index is 6.08. The number of hydrogen-bond acceptors (Lipinski definition) is 6. The van der Waals surface area contributed by atoms with E-state index in [0.717, 1.165) is 11.3 Å². The molecule has 2 aromatic rings. The smallest absolute Gasteiger partial charge is 0.164 e. The first-order chi connectivity index (χ1) is 11.6. The molecule has 0 fully saturated rings. The summed E-state index contributed by atoms with van der Waals surface area (Å²) in [6.07, 6.45) is 1.62. The summed E-state index contributed by atoms with van der Waals surface area (Å²) in [4.78, 5) is 0. The normalized spacial score (nSPS) is 10.5. The monoisotopic (exact) mass is 350 g/mol. The van der Waals surface area contributed by atoms with E-state index in [9.17, 15) is 0 Å². The van der Waals surface area contributed by atoms with Gasteiger partial charge in [-0.1, -0.05) is 11.6 Å². The summed E-state index contributed by atoms with van der Waals surface area (Å²) in [5, 5.41) is 4.70. The van der Waals surface area contributed by atoms with Crippen molar-refractivity contribution in [1.29, 1.82) is 0 Å². The lowest BCUT2D eigenvalue weighted by Gasteiger charge is -2.11. The molecule has 0 saturated carbocycles. The molecular weight excluding hydrogens is 332 g/mol. The van der Waals surface area contributed by atoms with Gasteiger partial charge in [-0.2, -0.15) is 5.10 Å². The molecular formula is C17H19ClN2O4. The molecule has 24 heavy (non-hydrogen) atoms. The number of ether oxygens (including phenoxy) is 4. The maximum absolute atomic E-state index is 6.08. The highest BCUT2D eigenvalue weighted by Crippen LogP contribution is 2.34. The van der Waals surface area contributed by atoms with E-state index in [2.05, 4.69) is 10.5 Å². The van der Waals surface area contributed by atoms with Crippen LogP contribution in [0.2, 0.25) is 5.02 Å². The first-order valence-electron chi connectivity index (χ1n) is 7.05. The van der Waals surface area contributed by atoms with Gasteiger partial charge in [0, 0.05) is 11.6 Å². The molecule has 2 aromatic carbocycles. The summed E-state index contributed by atoms with van der Waals surface area (Å²) >= 11 is 6.08. The summed E-state index contributed by atoms with van der Waals surface area (Å²) in [5.74, 6) is 2.40. The van der Waals surface area contributed by atoms with Gasteiger partial charge in [0.2, 0.25) is 0 Å². The Morgan fingerprint density at radius 2 is 1.46 bits per heavy atom. The minimum atomic E-state index is 0.501. The highest BCUT2D eigenvalue weighted by atomic mass is 35.5. The molecule has 2 rings (SSSR count). The van der Waals surface area contributed by atoms with Crippen molar-refractivity contribution < 1.29 is 18.9 Å². The predicted molar refractivity (Wildman–Crippen MR) is 95.3 cm³/mol. The number of hydrogen-bond donors (Lipinski definition) is 1. The van der Waals surface area contributed by atoms with Crippen LogP contribution in [0, 0.1) is 0 Å². The zero-order chi connectivity index (χ0) is 17.5. The molecule has 7 heteroatoms. The van der Waals surface area contributed by atoms with Gasteiger partial charge in [-0.25, -0.2) is 0 Å². The molecule has 6 nitrogen and oxygen atoms in total. The fourth-order valence-corrected chi connectivity index (χ4v) is 2.32. The second-order valence-electron chi connectivity index (χ2n) is 4.67. The highest BCUT2D eigenvalue weighted by Gasteiger charge is 2.10. The molecule has 0 aliphatic rings. The quantitative estimate of drug-likeness (QED) is 0.607. The van der Waals surface area contributed by atoms with Gasteiger partial charge >= 0.3 is 0 Å². The van der Waals surface area contributed by atoms with E-state index < -0.39 is 0 Å². The largest absolute Gasteiger partial charge is 0.496 e. The van der Waals surface area contributed by atoms with Crippen LogP contribution in [0.4, 0.5) is 5.69 Å². The first kappa shape index (κ1) is 17.7. The molecule has 0 aliphatic carbocycles. The molecule has 128 valence electrons. The molecule has 0 atom stereocenters. The summed E-state index contributed by atoms with van der Waals surface area (Å²) in [6.45, 7) is 0. The van der Waals surface area contributed by atoms with Crippen LogP contribution in [0.15, 0.2) is 35.4 Å². The fourth-order valence-electron chi connectivity index (χ4n) is 2.07. The molecule has 0 unspecified atom stereocenters. The number of nitrogens with one attached hydrogen (secondary N) is 1. The number of benzene rings is 2. The average molecular weight is 351 g/mol. The van der Waals surface area contributed by atoms with E-state index >= 15 is 0 Å². The number of nitrogens with zero attached hydrogens (tertiary/aromatic N) is 1. The van der Waals surface area contributed by atoms with Crippen molar-refractivity contribution in [3.63, 3.8) is 0 Å². The Morgan fingerprint density at radius 1 is 0.833 bits per heavy atom. The second-order valence-corrected chi connectivity index (χ2v) is 5.08. The maximum Gasteiger partial charge on any atom is 0.164 e. The van der Waals surface area contributed by atoms with E-state index in [0.29, 0.717) is 28.0 Å². The average Bonchev–Trinajstić information content (AvgIpc) is 2.61. The van der Waals surface area contributed by atoms with Crippen LogP contribution in [0.25, 0.3) is 0 Å². The predicted octanol–water partition coefficient (Wildman–Crippen LogP) is 3.82. The van der Waals surface area contributed by atoms with Gasteiger partial charge in [0.05, 0.1) is 45.4 Å². The lowest BCUT2D eigenvalue weighted by Crippen LogP contribution is -1.98. The number of rotatable bonds is 7. The third kappa shape index (κ3) is 4.02. The lowest BCUT2D eigenvalue weighted by atomic mass is 10.2. The minimum absolute atomic E-state index is 0.501. The molecule has 0 radical (unpaired) electrons. The van der Waals surface area contributed by atoms with Gasteiger partial charge in [0.1, 0.15) is 11.5 Å². The van der Waals surface area contributed by atoms with E-state index in [-0.39, 0.29) is 0 Å². The topological polar surface area (TPSA) is 61.3 Å². The minimum Gasteiger partial charge on any atom is -0.496 e. The van der Waals surface area contributed by atoms with Crippen molar-refractivity contribution in [2.75, 3.05) is 33.9 Å². The Bertz CT molecular complexity index is 735. The van der Waals surface area contributed by atoms with Crippen molar-refractivity contribution >= 4 is 23.5 Å². The van der Waals surface area contributed by atoms with Gasteiger partial charge in [-0.15, -0.1) is 0 Å². The van der Waals surface area contributed by atoms with Gasteiger partial charge in [0.25, 0.3) is 0 Å². The Labute approximate surface area is 145 Å². The fraction of sp³-hybridized carbons (Fsp3) is 0.235. The van der Waals surface area contributed by atoms with Crippen LogP contribution in [0.5, 0.6) is 23.0 Å². The number of methoxy groups -OCH3 is 4. The van der Waals surface area contributed by atoms with Crippen LogP contribution in [-0.2, 0) is 0 Å². The van der Waals surface area contributed by atoms with Crippen LogP contribution in [0.3, 0.4) is 0 Å². The van der Waals surface area contributed by atoms with E-state index in [1.54, 1.807) is 58.9 Å². The molecule has 1 N–H and O–H groups in total. The van der Waals surface area contributed by atoms with Gasteiger partial charge in [0.15, 0.2) is 11.5 Å². The number of hydrazone groups is 1. The van der Waals surface area contributed by atoms with Gasteiger partial charge < -0.3 is 18.9 Å².